The van der Waals surface area contributed by atoms with E-state index >= 15 is 0 Å². The van der Waals surface area contributed by atoms with Crippen LogP contribution in [0.25, 0.3) is 10.6 Å². The van der Waals surface area contributed by atoms with Crippen molar-refractivity contribution in [2.75, 3.05) is 6.61 Å². The van der Waals surface area contributed by atoms with Crippen LogP contribution in [-0.2, 0) is 15.7 Å². The first-order valence-corrected chi connectivity index (χ1v) is 8.11. The molecule has 0 saturated carbocycles. The maximum Gasteiger partial charge on any atom is 0.574 e. The van der Waals surface area contributed by atoms with Gasteiger partial charge in [-0.1, -0.05) is 6.58 Å². The Morgan fingerprint density at radius 3 is 3.05 bits per heavy atom. The highest BCUT2D eigenvalue weighted by molar-refractivity contribution is 7.25. The largest absolute Gasteiger partial charge is 0.574 e. The Balaban J connectivity index is 1.75. The summed E-state index contributed by atoms with van der Waals surface area (Å²) in [6.45, 7) is 8.54. The number of rotatable bonds is 1. The van der Waals surface area contributed by atoms with E-state index in [0.29, 0.717) is 12.4 Å². The number of aromatic nitrogens is 1. The van der Waals surface area contributed by atoms with E-state index in [1.807, 2.05) is 26.0 Å². The lowest BCUT2D eigenvalue weighted by molar-refractivity contribution is 0.173. The van der Waals surface area contributed by atoms with E-state index in [1.54, 1.807) is 17.5 Å². The van der Waals surface area contributed by atoms with Crippen LogP contribution in [0.2, 0.25) is 0 Å². The lowest BCUT2D eigenvalue weighted by Crippen LogP contribution is -2.32. The summed E-state index contributed by atoms with van der Waals surface area (Å²) >= 11 is 1.66. The predicted octanol–water partition coefficient (Wildman–Crippen LogP) is 2.78. The van der Waals surface area contributed by atoms with Crippen molar-refractivity contribution in [3.8, 4) is 16.3 Å². The molecule has 1 fully saturated rings. The van der Waals surface area contributed by atoms with Crippen LogP contribution in [0.5, 0.6) is 5.75 Å². The van der Waals surface area contributed by atoms with Gasteiger partial charge in [0.05, 0.1) is 22.0 Å². The van der Waals surface area contributed by atoms with E-state index in [0.717, 1.165) is 27.5 Å². The highest BCUT2D eigenvalue weighted by atomic mass is 32.1. The van der Waals surface area contributed by atoms with E-state index in [9.17, 15) is 0 Å². The Labute approximate surface area is 133 Å². The fraction of sp³-hybridized carbons (Fsp3) is 0.312. The summed E-state index contributed by atoms with van der Waals surface area (Å²) in [5.41, 5.74) is 1.69. The predicted molar refractivity (Wildman–Crippen MR) is 87.5 cm³/mol. The topological polar surface area (TPSA) is 40.6 Å². The Bertz CT molecular complexity index is 756. The quantitative estimate of drug-likeness (QED) is 0.759. The molecule has 6 heteroatoms. The Hall–Kier alpha value is -1.79. The second kappa shape index (κ2) is 4.86. The number of pyridine rings is 1. The van der Waals surface area contributed by atoms with Crippen molar-refractivity contribution in [2.24, 2.45) is 0 Å². The van der Waals surface area contributed by atoms with Crippen molar-refractivity contribution in [1.82, 2.24) is 4.98 Å². The summed E-state index contributed by atoms with van der Waals surface area (Å²) < 4.78 is 18.6. The zero-order chi connectivity index (χ0) is 15.3. The van der Waals surface area contributed by atoms with Gasteiger partial charge in [-0.15, -0.1) is 11.3 Å². The molecule has 4 nitrogen and oxygen atoms in total. The Kier molecular flexibility index (Phi) is 3.06. The summed E-state index contributed by atoms with van der Waals surface area (Å²) in [6.07, 6.45) is 2.66. The van der Waals surface area contributed by atoms with Crippen LogP contribution in [-0.4, -0.2) is 24.3 Å². The van der Waals surface area contributed by atoms with Crippen molar-refractivity contribution >= 4 is 23.2 Å². The molecule has 0 N–H and O–H groups in total. The maximum absolute atomic E-state index is 5.98. The fourth-order valence-corrected chi connectivity index (χ4v) is 3.82. The van der Waals surface area contributed by atoms with Gasteiger partial charge in [0.2, 0.25) is 0 Å². The molecule has 0 aromatic carbocycles. The SMILES string of the molecule is C=C1OB(c2cc3c(s2)-c2ncccc2OCC3)OC1(C)C. The van der Waals surface area contributed by atoms with Crippen molar-refractivity contribution < 1.29 is 14.0 Å². The minimum atomic E-state index is -0.453. The molecule has 22 heavy (non-hydrogen) atoms. The highest BCUT2D eigenvalue weighted by Crippen LogP contribution is 2.38. The van der Waals surface area contributed by atoms with Crippen LogP contribution in [0.4, 0.5) is 0 Å². The van der Waals surface area contributed by atoms with Gasteiger partial charge in [-0.05, 0) is 37.6 Å². The summed E-state index contributed by atoms with van der Waals surface area (Å²) in [5, 5.41) is 0. The molecule has 0 unspecified atom stereocenters. The van der Waals surface area contributed by atoms with E-state index in [2.05, 4.69) is 17.6 Å². The Morgan fingerprint density at radius 2 is 2.27 bits per heavy atom. The molecule has 4 rings (SSSR count). The normalized spacial score (nSPS) is 19.0. The van der Waals surface area contributed by atoms with Gasteiger partial charge in [0.15, 0.2) is 0 Å². The molecule has 0 radical (unpaired) electrons. The summed E-state index contributed by atoms with van der Waals surface area (Å²) in [4.78, 5) is 5.63. The van der Waals surface area contributed by atoms with Crippen LogP contribution in [0.1, 0.15) is 19.4 Å². The first-order chi connectivity index (χ1) is 10.5. The van der Waals surface area contributed by atoms with Crippen LogP contribution in [0.15, 0.2) is 36.7 Å². The first kappa shape index (κ1) is 13.8. The van der Waals surface area contributed by atoms with Gasteiger partial charge in [0.25, 0.3) is 0 Å². The average Bonchev–Trinajstić information content (AvgIpc) is 2.96. The molecule has 0 atom stereocenters. The number of hydrogen-bond donors (Lipinski definition) is 0. The molecule has 2 aliphatic heterocycles. The minimum absolute atomic E-state index is 0.382. The zero-order valence-electron chi connectivity index (χ0n) is 12.6. The Morgan fingerprint density at radius 1 is 1.41 bits per heavy atom. The van der Waals surface area contributed by atoms with E-state index in [4.69, 9.17) is 14.0 Å². The minimum Gasteiger partial charge on any atom is -0.533 e. The maximum atomic E-state index is 5.98. The third kappa shape index (κ3) is 2.14. The standard InChI is InChI=1S/C16H16BNO3S/c1-10-16(2,3)21-17(20-10)13-9-11-6-8-19-12-5-4-7-18-14(12)15(11)22-13/h4-5,7,9H,1,6,8H2,2-3H3. The molecule has 0 spiro atoms. The summed E-state index contributed by atoms with van der Waals surface area (Å²) in [5.74, 6) is 1.51. The third-order valence-electron chi connectivity index (χ3n) is 4.00. The molecule has 112 valence electrons. The number of ether oxygens (including phenoxy) is 1. The van der Waals surface area contributed by atoms with E-state index in [-0.39, 0.29) is 7.12 Å². The average molecular weight is 313 g/mol. The second-order valence-corrected chi connectivity index (χ2v) is 7.04. The molecule has 4 heterocycles. The fourth-order valence-electron chi connectivity index (χ4n) is 2.65. The van der Waals surface area contributed by atoms with Crippen molar-refractivity contribution in [3.05, 3.63) is 42.3 Å². The second-order valence-electron chi connectivity index (χ2n) is 5.95. The number of hydrogen-bond acceptors (Lipinski definition) is 5. The number of thiophene rings is 1. The molecule has 0 aliphatic carbocycles. The lowest BCUT2D eigenvalue weighted by Gasteiger charge is -2.15. The first-order valence-electron chi connectivity index (χ1n) is 7.29. The van der Waals surface area contributed by atoms with Crippen LogP contribution < -0.4 is 9.51 Å². The van der Waals surface area contributed by atoms with Crippen molar-refractivity contribution in [2.45, 2.75) is 25.9 Å². The molecule has 1 saturated heterocycles. The molecule has 2 aromatic rings. The molecule has 2 aliphatic rings. The van der Waals surface area contributed by atoms with Gasteiger partial charge in [-0.25, -0.2) is 0 Å². The van der Waals surface area contributed by atoms with Crippen LogP contribution in [0.3, 0.4) is 0 Å². The summed E-state index contributed by atoms with van der Waals surface area (Å²) in [6, 6.07) is 6.00. The van der Waals surface area contributed by atoms with Gasteiger partial charge < -0.3 is 14.0 Å². The van der Waals surface area contributed by atoms with Gasteiger partial charge in [-0.3, -0.25) is 4.98 Å². The number of fused-ring (bicyclic) bond motifs is 3. The van der Waals surface area contributed by atoms with E-state index < -0.39 is 5.60 Å². The highest BCUT2D eigenvalue weighted by Gasteiger charge is 2.44. The van der Waals surface area contributed by atoms with Gasteiger partial charge in [-0.2, -0.15) is 0 Å². The lowest BCUT2D eigenvalue weighted by atomic mass is 9.87. The van der Waals surface area contributed by atoms with E-state index in [1.165, 1.54) is 5.56 Å². The van der Waals surface area contributed by atoms with Crippen molar-refractivity contribution in [1.29, 1.82) is 0 Å². The van der Waals surface area contributed by atoms with Gasteiger partial charge in [0, 0.05) is 12.6 Å². The molecule has 0 amide bonds. The molecular weight excluding hydrogens is 297 g/mol. The van der Waals surface area contributed by atoms with Gasteiger partial charge >= 0.3 is 7.12 Å². The molecule has 2 aromatic heterocycles. The van der Waals surface area contributed by atoms with Crippen LogP contribution >= 0.6 is 11.3 Å². The smallest absolute Gasteiger partial charge is 0.533 e. The molecule has 0 bridgehead atoms. The van der Waals surface area contributed by atoms with Crippen LogP contribution in [0, 0.1) is 0 Å². The zero-order valence-corrected chi connectivity index (χ0v) is 13.4. The number of nitrogens with zero attached hydrogens (tertiary/aromatic N) is 1. The molecular formula is C16H16BNO3S. The summed E-state index contributed by atoms with van der Waals surface area (Å²) in [7, 11) is -0.382. The van der Waals surface area contributed by atoms with Crippen molar-refractivity contribution in [3.63, 3.8) is 0 Å². The third-order valence-corrected chi connectivity index (χ3v) is 5.20. The van der Waals surface area contributed by atoms with Gasteiger partial charge in [0.1, 0.15) is 17.0 Å². The monoisotopic (exact) mass is 313 g/mol.